The first kappa shape index (κ1) is 18.9. The van der Waals surface area contributed by atoms with E-state index in [1.165, 1.54) is 26.4 Å². The van der Waals surface area contributed by atoms with E-state index in [0.29, 0.717) is 29.5 Å². The van der Waals surface area contributed by atoms with Gasteiger partial charge in [0.25, 0.3) is 5.69 Å². The number of non-ortho nitro benzene ring substituents is 1. The van der Waals surface area contributed by atoms with Crippen LogP contribution in [-0.4, -0.2) is 33.3 Å². The summed E-state index contributed by atoms with van der Waals surface area (Å²) < 4.78 is 16.1. The third kappa shape index (κ3) is 3.62. The molecule has 2 aromatic carbocycles. The molecule has 0 amide bonds. The third-order valence-electron chi connectivity index (χ3n) is 3.92. The molecule has 0 aliphatic heterocycles. The van der Waals surface area contributed by atoms with Crippen LogP contribution in [0.25, 0.3) is 0 Å². The SMILES string of the molecule is COc1ccc(CN(C)c2ccc([N+](=O)[O-])cc2C#N)c(OC)c1OC. The number of ether oxygens (including phenoxy) is 3. The van der Waals surface area contributed by atoms with Gasteiger partial charge in [0.1, 0.15) is 6.07 Å². The van der Waals surface area contributed by atoms with Crippen molar-refractivity contribution in [2.45, 2.75) is 6.54 Å². The van der Waals surface area contributed by atoms with Crippen LogP contribution < -0.4 is 19.1 Å². The summed E-state index contributed by atoms with van der Waals surface area (Å²) in [5, 5.41) is 20.2. The Balaban J connectivity index is 2.40. The van der Waals surface area contributed by atoms with Crippen molar-refractivity contribution in [3.8, 4) is 23.3 Å². The van der Waals surface area contributed by atoms with Gasteiger partial charge in [0.2, 0.25) is 5.75 Å². The van der Waals surface area contributed by atoms with E-state index in [2.05, 4.69) is 0 Å². The first-order valence-electron chi connectivity index (χ1n) is 7.64. The highest BCUT2D eigenvalue weighted by atomic mass is 16.6. The van der Waals surface area contributed by atoms with Gasteiger partial charge in [-0.1, -0.05) is 0 Å². The average Bonchev–Trinajstić information content (AvgIpc) is 2.66. The maximum atomic E-state index is 10.9. The summed E-state index contributed by atoms with van der Waals surface area (Å²) in [6.45, 7) is 0.399. The Labute approximate surface area is 151 Å². The van der Waals surface area contributed by atoms with Crippen LogP contribution in [-0.2, 0) is 6.54 Å². The number of anilines is 1. The second kappa shape index (κ2) is 8.07. The molecule has 0 bridgehead atoms. The molecule has 0 saturated heterocycles. The Kier molecular flexibility index (Phi) is 5.86. The molecule has 8 nitrogen and oxygen atoms in total. The van der Waals surface area contributed by atoms with Gasteiger partial charge in [-0.25, -0.2) is 0 Å². The largest absolute Gasteiger partial charge is 0.493 e. The maximum absolute atomic E-state index is 10.9. The number of methoxy groups -OCH3 is 3. The molecule has 0 heterocycles. The molecule has 136 valence electrons. The second-order valence-corrected chi connectivity index (χ2v) is 5.42. The molecule has 0 aromatic heterocycles. The van der Waals surface area contributed by atoms with Gasteiger partial charge in [0.15, 0.2) is 11.5 Å². The number of hydrogen-bond acceptors (Lipinski definition) is 7. The predicted molar refractivity (Wildman–Crippen MR) is 96.0 cm³/mol. The highest BCUT2D eigenvalue weighted by Gasteiger charge is 2.19. The summed E-state index contributed by atoms with van der Waals surface area (Å²) in [4.78, 5) is 12.2. The molecule has 2 aromatic rings. The van der Waals surface area contributed by atoms with Crippen molar-refractivity contribution in [3.05, 3.63) is 51.6 Å². The van der Waals surface area contributed by atoms with Gasteiger partial charge in [0.05, 0.1) is 37.5 Å². The lowest BCUT2D eigenvalue weighted by Crippen LogP contribution is -2.18. The van der Waals surface area contributed by atoms with Crippen LogP contribution in [0, 0.1) is 21.4 Å². The Morgan fingerprint density at radius 3 is 2.35 bits per heavy atom. The molecule has 26 heavy (non-hydrogen) atoms. The van der Waals surface area contributed by atoms with Crippen molar-refractivity contribution in [2.75, 3.05) is 33.3 Å². The molecule has 0 aliphatic rings. The minimum absolute atomic E-state index is 0.123. The minimum atomic E-state index is -0.526. The van der Waals surface area contributed by atoms with Crippen LogP contribution in [0.3, 0.4) is 0 Å². The van der Waals surface area contributed by atoms with Crippen LogP contribution in [0.5, 0.6) is 17.2 Å². The Hall–Kier alpha value is -3.47. The first-order chi connectivity index (χ1) is 12.5. The van der Waals surface area contributed by atoms with E-state index in [1.807, 2.05) is 17.0 Å². The van der Waals surface area contributed by atoms with Crippen molar-refractivity contribution in [1.82, 2.24) is 0 Å². The van der Waals surface area contributed by atoms with Crippen molar-refractivity contribution in [3.63, 3.8) is 0 Å². The van der Waals surface area contributed by atoms with Crippen LogP contribution in [0.15, 0.2) is 30.3 Å². The van der Waals surface area contributed by atoms with Crippen molar-refractivity contribution in [1.29, 1.82) is 5.26 Å². The van der Waals surface area contributed by atoms with Gasteiger partial charge in [-0.05, 0) is 18.2 Å². The fourth-order valence-electron chi connectivity index (χ4n) is 2.69. The van der Waals surface area contributed by atoms with E-state index in [4.69, 9.17) is 14.2 Å². The first-order valence-corrected chi connectivity index (χ1v) is 7.64. The van der Waals surface area contributed by atoms with Gasteiger partial charge < -0.3 is 19.1 Å². The van der Waals surface area contributed by atoms with E-state index >= 15 is 0 Å². The topological polar surface area (TPSA) is 97.9 Å². The molecule has 0 N–H and O–H groups in total. The van der Waals surface area contributed by atoms with E-state index in [-0.39, 0.29) is 11.3 Å². The van der Waals surface area contributed by atoms with Crippen molar-refractivity contribution >= 4 is 11.4 Å². The summed E-state index contributed by atoms with van der Waals surface area (Å²) in [6.07, 6.45) is 0. The number of nitrogens with zero attached hydrogens (tertiary/aromatic N) is 3. The molecule has 0 atom stereocenters. The Bertz CT molecular complexity index is 861. The number of benzene rings is 2. The van der Waals surface area contributed by atoms with E-state index < -0.39 is 4.92 Å². The van der Waals surface area contributed by atoms with E-state index in [9.17, 15) is 15.4 Å². The average molecular weight is 357 g/mol. The van der Waals surface area contributed by atoms with E-state index in [1.54, 1.807) is 26.3 Å². The monoisotopic (exact) mass is 357 g/mol. The van der Waals surface area contributed by atoms with Gasteiger partial charge in [0, 0.05) is 31.3 Å². The molecule has 0 spiro atoms. The van der Waals surface area contributed by atoms with Gasteiger partial charge in [-0.2, -0.15) is 5.26 Å². The summed E-state index contributed by atoms with van der Waals surface area (Å²) in [6, 6.07) is 9.81. The predicted octanol–water partition coefficient (Wildman–Crippen LogP) is 3.13. The molecule has 0 fully saturated rings. The molecule has 0 saturated carbocycles. The Morgan fingerprint density at radius 1 is 1.12 bits per heavy atom. The molecule has 2 rings (SSSR count). The number of nitriles is 1. The number of nitro groups is 1. The quantitative estimate of drug-likeness (QED) is 0.554. The lowest BCUT2D eigenvalue weighted by atomic mass is 10.1. The zero-order chi connectivity index (χ0) is 19.3. The normalized spacial score (nSPS) is 9.96. The van der Waals surface area contributed by atoms with Crippen LogP contribution >= 0.6 is 0 Å². The molecular formula is C18H19N3O5. The van der Waals surface area contributed by atoms with Crippen molar-refractivity contribution < 1.29 is 19.1 Å². The highest BCUT2D eigenvalue weighted by molar-refractivity contribution is 5.64. The highest BCUT2D eigenvalue weighted by Crippen LogP contribution is 2.40. The molecule has 8 heteroatoms. The summed E-state index contributed by atoms with van der Waals surface area (Å²) in [7, 11) is 6.39. The smallest absolute Gasteiger partial charge is 0.270 e. The van der Waals surface area contributed by atoms with Crippen molar-refractivity contribution in [2.24, 2.45) is 0 Å². The fraction of sp³-hybridized carbons (Fsp3) is 0.278. The van der Waals surface area contributed by atoms with E-state index in [0.717, 1.165) is 5.56 Å². The number of hydrogen-bond donors (Lipinski definition) is 0. The standard InChI is InChI=1S/C18H19N3O5/c1-20(15-7-6-14(21(22)23)9-13(15)10-19)11-12-5-8-16(24-2)18(26-4)17(12)25-3/h5-9H,11H2,1-4H3. The summed E-state index contributed by atoms with van der Waals surface area (Å²) in [5.41, 5.74) is 1.49. The Morgan fingerprint density at radius 2 is 1.81 bits per heavy atom. The second-order valence-electron chi connectivity index (χ2n) is 5.42. The summed E-state index contributed by atoms with van der Waals surface area (Å²) in [5.74, 6) is 1.55. The molecule has 0 radical (unpaired) electrons. The van der Waals surface area contributed by atoms with Gasteiger partial charge in [-0.15, -0.1) is 0 Å². The van der Waals surface area contributed by atoms with Crippen LogP contribution in [0.1, 0.15) is 11.1 Å². The zero-order valence-electron chi connectivity index (χ0n) is 15.0. The molecular weight excluding hydrogens is 338 g/mol. The summed E-state index contributed by atoms with van der Waals surface area (Å²) >= 11 is 0. The van der Waals surface area contributed by atoms with Crippen LogP contribution in [0.2, 0.25) is 0 Å². The van der Waals surface area contributed by atoms with Crippen LogP contribution in [0.4, 0.5) is 11.4 Å². The number of rotatable bonds is 7. The minimum Gasteiger partial charge on any atom is -0.493 e. The van der Waals surface area contributed by atoms with Gasteiger partial charge in [-0.3, -0.25) is 10.1 Å². The molecule has 0 aliphatic carbocycles. The number of nitro benzene ring substituents is 1. The van der Waals surface area contributed by atoms with Gasteiger partial charge >= 0.3 is 0 Å². The zero-order valence-corrected chi connectivity index (χ0v) is 15.0. The lowest BCUT2D eigenvalue weighted by molar-refractivity contribution is -0.384. The molecule has 0 unspecified atom stereocenters. The fourth-order valence-corrected chi connectivity index (χ4v) is 2.69. The maximum Gasteiger partial charge on any atom is 0.270 e. The lowest BCUT2D eigenvalue weighted by Gasteiger charge is -2.23. The third-order valence-corrected chi connectivity index (χ3v) is 3.92.